The molecule has 1 unspecified atom stereocenters. The third kappa shape index (κ3) is 5.88. The van der Waals surface area contributed by atoms with E-state index >= 15 is 0 Å². The third-order valence-electron chi connectivity index (χ3n) is 1.79. The van der Waals surface area contributed by atoms with Gasteiger partial charge in [-0.15, -0.1) is 0 Å². The van der Waals surface area contributed by atoms with Gasteiger partial charge in [0, 0.05) is 0 Å². The third-order valence-corrected chi connectivity index (χ3v) is 1.79. The van der Waals surface area contributed by atoms with Crippen LogP contribution in [0.15, 0.2) is 12.3 Å². The number of ether oxygens (including phenoxy) is 2. The van der Waals surface area contributed by atoms with Crippen LogP contribution in [0, 0.1) is 5.92 Å². The van der Waals surface area contributed by atoms with Crippen LogP contribution in [0.3, 0.4) is 0 Å². The van der Waals surface area contributed by atoms with E-state index < -0.39 is 11.9 Å². The molecular weight excluding hydrogens is 196 g/mol. The van der Waals surface area contributed by atoms with Crippen molar-refractivity contribution in [3.8, 4) is 0 Å². The standard InChI is InChI=1S/C11H18O4/c1-4-14-8-6-7-10(9(3)12)11(13)15-5-2/h6,8,10H,4-5,7H2,1-3H3. The van der Waals surface area contributed by atoms with Gasteiger partial charge in [0.25, 0.3) is 0 Å². The number of allylic oxidation sites excluding steroid dienone is 1. The Bertz CT molecular complexity index is 233. The maximum absolute atomic E-state index is 11.3. The van der Waals surface area contributed by atoms with Crippen molar-refractivity contribution < 1.29 is 19.1 Å². The maximum atomic E-state index is 11.3. The lowest BCUT2D eigenvalue weighted by atomic mass is 10.0. The summed E-state index contributed by atoms with van der Waals surface area (Å²) in [5, 5.41) is 0. The molecule has 0 fully saturated rings. The number of Topliss-reactive ketones (excluding diaryl/α,β-unsaturated/α-hetero) is 1. The van der Waals surface area contributed by atoms with E-state index in [1.54, 1.807) is 13.0 Å². The molecule has 0 heterocycles. The average molecular weight is 214 g/mol. The molecule has 15 heavy (non-hydrogen) atoms. The highest BCUT2D eigenvalue weighted by Crippen LogP contribution is 2.08. The van der Waals surface area contributed by atoms with Crippen LogP contribution in [0.4, 0.5) is 0 Å². The summed E-state index contributed by atoms with van der Waals surface area (Å²) in [6.45, 7) is 5.82. The van der Waals surface area contributed by atoms with Gasteiger partial charge in [0.05, 0.1) is 19.5 Å². The molecule has 4 nitrogen and oxygen atoms in total. The van der Waals surface area contributed by atoms with Gasteiger partial charge < -0.3 is 9.47 Å². The fourth-order valence-corrected chi connectivity index (χ4v) is 1.03. The van der Waals surface area contributed by atoms with Gasteiger partial charge in [0.2, 0.25) is 0 Å². The zero-order valence-electron chi connectivity index (χ0n) is 9.49. The number of carbonyl (C=O) groups excluding carboxylic acids is 2. The predicted octanol–water partition coefficient (Wildman–Crippen LogP) is 1.70. The van der Waals surface area contributed by atoms with Crippen molar-refractivity contribution in [1.29, 1.82) is 0 Å². The Labute approximate surface area is 90.2 Å². The van der Waals surface area contributed by atoms with Crippen molar-refractivity contribution in [2.24, 2.45) is 5.92 Å². The molecule has 0 bridgehead atoms. The molecule has 0 aromatic heterocycles. The second-order valence-electron chi connectivity index (χ2n) is 2.98. The van der Waals surface area contributed by atoms with Gasteiger partial charge in [-0.05, 0) is 33.3 Å². The zero-order chi connectivity index (χ0) is 11.7. The van der Waals surface area contributed by atoms with Crippen molar-refractivity contribution in [3.05, 3.63) is 12.3 Å². The van der Waals surface area contributed by atoms with Gasteiger partial charge >= 0.3 is 5.97 Å². The van der Waals surface area contributed by atoms with Gasteiger partial charge in [-0.25, -0.2) is 0 Å². The average Bonchev–Trinajstić information content (AvgIpc) is 2.17. The van der Waals surface area contributed by atoms with Crippen LogP contribution in [-0.4, -0.2) is 25.0 Å². The number of carbonyl (C=O) groups is 2. The molecule has 0 N–H and O–H groups in total. The number of rotatable bonds is 7. The van der Waals surface area contributed by atoms with Crippen molar-refractivity contribution in [2.45, 2.75) is 27.2 Å². The minimum Gasteiger partial charge on any atom is -0.502 e. The first-order chi connectivity index (χ1) is 7.13. The van der Waals surface area contributed by atoms with Gasteiger partial charge in [-0.2, -0.15) is 0 Å². The van der Waals surface area contributed by atoms with Crippen LogP contribution >= 0.6 is 0 Å². The van der Waals surface area contributed by atoms with Gasteiger partial charge in [0.15, 0.2) is 0 Å². The van der Waals surface area contributed by atoms with Crippen LogP contribution in [-0.2, 0) is 19.1 Å². The number of hydrogen-bond acceptors (Lipinski definition) is 4. The Morgan fingerprint density at radius 3 is 2.40 bits per heavy atom. The summed E-state index contributed by atoms with van der Waals surface area (Å²) in [4.78, 5) is 22.5. The summed E-state index contributed by atoms with van der Waals surface area (Å²) in [6, 6.07) is 0. The van der Waals surface area contributed by atoms with Crippen LogP contribution in [0.2, 0.25) is 0 Å². The van der Waals surface area contributed by atoms with E-state index in [0.717, 1.165) is 0 Å². The maximum Gasteiger partial charge on any atom is 0.316 e. The van der Waals surface area contributed by atoms with E-state index in [0.29, 0.717) is 13.0 Å². The smallest absolute Gasteiger partial charge is 0.316 e. The van der Waals surface area contributed by atoms with E-state index in [9.17, 15) is 9.59 Å². The van der Waals surface area contributed by atoms with Crippen molar-refractivity contribution in [1.82, 2.24) is 0 Å². The Morgan fingerprint density at radius 2 is 1.93 bits per heavy atom. The summed E-state index contributed by atoms with van der Waals surface area (Å²) in [5.74, 6) is -1.36. The van der Waals surface area contributed by atoms with E-state index in [1.807, 2.05) is 6.92 Å². The fourth-order valence-electron chi connectivity index (χ4n) is 1.03. The first-order valence-corrected chi connectivity index (χ1v) is 5.07. The lowest BCUT2D eigenvalue weighted by Gasteiger charge is -2.09. The summed E-state index contributed by atoms with van der Waals surface area (Å²) in [5.41, 5.74) is 0. The largest absolute Gasteiger partial charge is 0.502 e. The zero-order valence-corrected chi connectivity index (χ0v) is 9.49. The van der Waals surface area contributed by atoms with Crippen LogP contribution < -0.4 is 0 Å². The second-order valence-corrected chi connectivity index (χ2v) is 2.98. The molecule has 0 amide bonds. The molecule has 0 radical (unpaired) electrons. The molecule has 0 aromatic carbocycles. The molecule has 86 valence electrons. The molecule has 0 aromatic rings. The molecule has 1 atom stereocenters. The fraction of sp³-hybridized carbons (Fsp3) is 0.636. The van der Waals surface area contributed by atoms with Crippen LogP contribution in [0.5, 0.6) is 0 Å². The van der Waals surface area contributed by atoms with E-state index in [4.69, 9.17) is 9.47 Å². The van der Waals surface area contributed by atoms with Gasteiger partial charge in [-0.1, -0.05) is 0 Å². The predicted molar refractivity (Wildman–Crippen MR) is 56.2 cm³/mol. The molecular formula is C11H18O4. The minimum absolute atomic E-state index is 0.186. The highest BCUT2D eigenvalue weighted by atomic mass is 16.5. The van der Waals surface area contributed by atoms with E-state index in [1.165, 1.54) is 13.2 Å². The van der Waals surface area contributed by atoms with Crippen LogP contribution in [0.1, 0.15) is 27.2 Å². The van der Waals surface area contributed by atoms with E-state index in [2.05, 4.69) is 0 Å². The number of esters is 1. The topological polar surface area (TPSA) is 52.6 Å². The SMILES string of the molecule is CCOC=CCC(C(C)=O)C(=O)OCC. The van der Waals surface area contributed by atoms with Gasteiger partial charge in [-0.3, -0.25) is 9.59 Å². The molecule has 4 heteroatoms. The summed E-state index contributed by atoms with van der Waals surface area (Å²) in [7, 11) is 0. The lowest BCUT2D eigenvalue weighted by Crippen LogP contribution is -2.23. The molecule has 0 saturated heterocycles. The van der Waals surface area contributed by atoms with E-state index in [-0.39, 0.29) is 12.4 Å². The summed E-state index contributed by atoms with van der Waals surface area (Å²) < 4.78 is 9.75. The first kappa shape index (κ1) is 13.7. The Morgan fingerprint density at radius 1 is 1.27 bits per heavy atom. The van der Waals surface area contributed by atoms with Crippen molar-refractivity contribution >= 4 is 11.8 Å². The van der Waals surface area contributed by atoms with Crippen LogP contribution in [0.25, 0.3) is 0 Å². The Hall–Kier alpha value is -1.32. The Kier molecular flexibility index (Phi) is 7.32. The lowest BCUT2D eigenvalue weighted by molar-refractivity contribution is -0.150. The van der Waals surface area contributed by atoms with Crippen molar-refractivity contribution in [2.75, 3.05) is 13.2 Å². The first-order valence-electron chi connectivity index (χ1n) is 5.07. The molecule has 0 saturated carbocycles. The monoisotopic (exact) mass is 214 g/mol. The highest BCUT2D eigenvalue weighted by molar-refractivity contribution is 5.97. The highest BCUT2D eigenvalue weighted by Gasteiger charge is 2.22. The minimum atomic E-state index is -0.707. The Balaban J connectivity index is 4.16. The molecule has 0 aliphatic rings. The van der Waals surface area contributed by atoms with Gasteiger partial charge in [0.1, 0.15) is 11.7 Å². The molecule has 0 spiro atoms. The molecule has 0 rings (SSSR count). The summed E-state index contributed by atoms with van der Waals surface area (Å²) in [6.07, 6.45) is 3.48. The molecule has 0 aliphatic carbocycles. The van der Waals surface area contributed by atoms with Crippen molar-refractivity contribution in [3.63, 3.8) is 0 Å². The molecule has 0 aliphatic heterocycles. The second kappa shape index (κ2) is 8.03. The number of hydrogen-bond donors (Lipinski definition) is 0. The summed E-state index contributed by atoms with van der Waals surface area (Å²) >= 11 is 0. The normalized spacial score (nSPS) is 12.5. The number of ketones is 1. The quantitative estimate of drug-likeness (QED) is 0.367.